The van der Waals surface area contributed by atoms with Crippen molar-refractivity contribution < 1.29 is 14.3 Å². The molecule has 0 amide bonds. The van der Waals surface area contributed by atoms with E-state index in [1.165, 1.54) is 6.20 Å². The summed E-state index contributed by atoms with van der Waals surface area (Å²) in [6.45, 7) is 0. The molecule has 3 nitrogen and oxygen atoms in total. The molecule has 5 heteroatoms. The van der Waals surface area contributed by atoms with E-state index in [-0.39, 0.29) is 11.5 Å². The normalized spacial score (nSPS) is 17.5. The number of aliphatic carboxylic acids is 1. The lowest BCUT2D eigenvalue weighted by Gasteiger charge is -2.13. The van der Waals surface area contributed by atoms with Crippen LogP contribution in [-0.4, -0.2) is 16.1 Å². The minimum Gasteiger partial charge on any atom is -0.481 e. The van der Waals surface area contributed by atoms with E-state index < -0.39 is 17.7 Å². The van der Waals surface area contributed by atoms with Crippen molar-refractivity contribution in [2.24, 2.45) is 5.92 Å². The third-order valence-corrected chi connectivity index (χ3v) is 3.19. The molecule has 0 radical (unpaired) electrons. The Morgan fingerprint density at radius 2 is 2.27 bits per heavy atom. The summed E-state index contributed by atoms with van der Waals surface area (Å²) in [4.78, 5) is 14.7. The number of aromatic nitrogens is 1. The topological polar surface area (TPSA) is 50.2 Å². The molecule has 1 saturated carbocycles. The number of pyridine rings is 1. The zero-order chi connectivity index (χ0) is 11.0. The Morgan fingerprint density at radius 3 is 2.73 bits per heavy atom. The Balaban J connectivity index is 2.45. The predicted octanol–water partition coefficient (Wildman–Crippen LogP) is 2.56. The van der Waals surface area contributed by atoms with Crippen molar-refractivity contribution in [3.05, 3.63) is 28.2 Å². The van der Waals surface area contributed by atoms with Gasteiger partial charge in [-0.1, -0.05) is 0 Å². The molecule has 1 aromatic heterocycles. The molecule has 1 aliphatic carbocycles. The third-order valence-electron chi connectivity index (χ3n) is 2.56. The number of rotatable bonds is 3. The number of nitrogens with zero attached hydrogens (tertiary/aromatic N) is 1. The zero-order valence-electron chi connectivity index (χ0n) is 7.78. The van der Waals surface area contributed by atoms with Gasteiger partial charge in [0.25, 0.3) is 0 Å². The van der Waals surface area contributed by atoms with Crippen molar-refractivity contribution in [3.8, 4) is 0 Å². The maximum Gasteiger partial charge on any atom is 0.311 e. The van der Waals surface area contributed by atoms with Gasteiger partial charge in [-0.3, -0.25) is 9.78 Å². The van der Waals surface area contributed by atoms with Gasteiger partial charge in [0.05, 0.1) is 12.1 Å². The summed E-state index contributed by atoms with van der Waals surface area (Å²) in [5.41, 5.74) is 0.222. The number of carboxylic acid groups (broad SMARTS) is 1. The van der Waals surface area contributed by atoms with Gasteiger partial charge in [0.15, 0.2) is 0 Å². The van der Waals surface area contributed by atoms with E-state index in [1.807, 2.05) is 0 Å². The third kappa shape index (κ3) is 2.02. The van der Waals surface area contributed by atoms with Crippen LogP contribution in [0, 0.1) is 11.7 Å². The quantitative estimate of drug-likeness (QED) is 0.921. The van der Waals surface area contributed by atoms with Gasteiger partial charge in [-0.2, -0.15) is 0 Å². The number of halogens is 2. The highest BCUT2D eigenvalue weighted by molar-refractivity contribution is 9.10. The molecular formula is C10H9BrFNO2. The molecule has 1 aliphatic rings. The molecule has 0 aromatic carbocycles. The first-order chi connectivity index (χ1) is 7.11. The predicted molar refractivity (Wildman–Crippen MR) is 55.0 cm³/mol. The van der Waals surface area contributed by atoms with Crippen LogP contribution in [0.4, 0.5) is 4.39 Å². The average molecular weight is 274 g/mol. The van der Waals surface area contributed by atoms with Crippen LogP contribution in [0.15, 0.2) is 16.9 Å². The molecule has 15 heavy (non-hydrogen) atoms. The summed E-state index contributed by atoms with van der Waals surface area (Å²) in [7, 11) is 0. The van der Waals surface area contributed by atoms with E-state index in [0.717, 1.165) is 19.0 Å². The highest BCUT2D eigenvalue weighted by Crippen LogP contribution is 2.45. The number of hydrogen-bond donors (Lipinski definition) is 1. The van der Waals surface area contributed by atoms with E-state index in [9.17, 15) is 9.18 Å². The number of carbonyl (C=O) groups is 1. The molecule has 1 aromatic rings. The Morgan fingerprint density at radius 1 is 1.60 bits per heavy atom. The second-order valence-corrected chi connectivity index (χ2v) is 4.52. The minimum absolute atomic E-state index is 0.0655. The smallest absolute Gasteiger partial charge is 0.311 e. The van der Waals surface area contributed by atoms with Crippen molar-refractivity contribution in [1.82, 2.24) is 4.98 Å². The lowest BCUT2D eigenvalue weighted by Crippen LogP contribution is -2.16. The van der Waals surface area contributed by atoms with Crippen LogP contribution in [0.25, 0.3) is 0 Å². The zero-order valence-corrected chi connectivity index (χ0v) is 9.37. The van der Waals surface area contributed by atoms with E-state index in [0.29, 0.717) is 4.47 Å². The van der Waals surface area contributed by atoms with Crippen LogP contribution >= 0.6 is 15.9 Å². The molecule has 80 valence electrons. The fourth-order valence-electron chi connectivity index (χ4n) is 1.71. The Labute approximate surface area is 94.5 Å². The molecule has 0 aliphatic heterocycles. The average Bonchev–Trinajstić information content (AvgIpc) is 2.94. The van der Waals surface area contributed by atoms with Crippen molar-refractivity contribution in [3.63, 3.8) is 0 Å². The van der Waals surface area contributed by atoms with Gasteiger partial charge in [-0.05, 0) is 34.7 Å². The van der Waals surface area contributed by atoms with Crippen molar-refractivity contribution in [2.75, 3.05) is 0 Å². The standard InChI is InChI=1S/C10H9BrFNO2/c11-6-3-13-4-7(12)9(6)8(10(14)15)5-1-2-5/h3-5,8H,1-2H2,(H,14,15). The first kappa shape index (κ1) is 10.5. The lowest BCUT2D eigenvalue weighted by atomic mass is 9.95. The van der Waals surface area contributed by atoms with Gasteiger partial charge in [0, 0.05) is 16.2 Å². The minimum atomic E-state index is -0.969. The van der Waals surface area contributed by atoms with Crippen LogP contribution < -0.4 is 0 Å². The van der Waals surface area contributed by atoms with E-state index in [1.54, 1.807) is 0 Å². The summed E-state index contributed by atoms with van der Waals surface area (Å²) < 4.78 is 13.9. The van der Waals surface area contributed by atoms with Crippen LogP contribution in [0.3, 0.4) is 0 Å². The summed E-state index contributed by atoms with van der Waals surface area (Å²) in [5, 5.41) is 9.08. The Kier molecular flexibility index (Phi) is 2.73. The molecule has 0 spiro atoms. The summed E-state index contributed by atoms with van der Waals surface area (Å²) in [6, 6.07) is 0. The molecule has 1 heterocycles. The van der Waals surface area contributed by atoms with E-state index in [2.05, 4.69) is 20.9 Å². The Hall–Kier alpha value is -0.970. The van der Waals surface area contributed by atoms with Crippen LogP contribution in [0.1, 0.15) is 24.3 Å². The van der Waals surface area contributed by atoms with Crippen LogP contribution in [0.5, 0.6) is 0 Å². The number of hydrogen-bond acceptors (Lipinski definition) is 2. The molecule has 2 rings (SSSR count). The monoisotopic (exact) mass is 273 g/mol. The highest BCUT2D eigenvalue weighted by Gasteiger charge is 2.39. The largest absolute Gasteiger partial charge is 0.481 e. The molecule has 1 atom stereocenters. The molecule has 1 N–H and O–H groups in total. The maximum atomic E-state index is 13.5. The fraction of sp³-hybridized carbons (Fsp3) is 0.400. The van der Waals surface area contributed by atoms with Crippen LogP contribution in [0.2, 0.25) is 0 Å². The first-order valence-electron chi connectivity index (χ1n) is 4.63. The summed E-state index contributed by atoms with van der Waals surface area (Å²) in [6.07, 6.45) is 4.19. The van der Waals surface area contributed by atoms with Gasteiger partial charge in [0.2, 0.25) is 0 Å². The van der Waals surface area contributed by atoms with Gasteiger partial charge in [-0.25, -0.2) is 4.39 Å². The van der Waals surface area contributed by atoms with Crippen molar-refractivity contribution in [2.45, 2.75) is 18.8 Å². The van der Waals surface area contributed by atoms with Crippen molar-refractivity contribution in [1.29, 1.82) is 0 Å². The summed E-state index contributed by atoms with van der Waals surface area (Å²) in [5.74, 6) is -2.20. The van der Waals surface area contributed by atoms with Gasteiger partial charge in [0.1, 0.15) is 5.82 Å². The molecule has 0 bridgehead atoms. The molecule has 1 unspecified atom stereocenters. The second-order valence-electron chi connectivity index (χ2n) is 3.67. The highest BCUT2D eigenvalue weighted by atomic mass is 79.9. The van der Waals surface area contributed by atoms with Gasteiger partial charge < -0.3 is 5.11 Å². The van der Waals surface area contributed by atoms with E-state index >= 15 is 0 Å². The molecular weight excluding hydrogens is 265 g/mol. The second kappa shape index (κ2) is 3.89. The maximum absolute atomic E-state index is 13.5. The SMILES string of the molecule is O=C(O)C(c1c(F)cncc1Br)C1CC1. The summed E-state index contributed by atoms with van der Waals surface area (Å²) >= 11 is 3.15. The fourth-order valence-corrected chi connectivity index (χ4v) is 2.26. The molecule has 1 fully saturated rings. The van der Waals surface area contributed by atoms with E-state index in [4.69, 9.17) is 5.11 Å². The number of carboxylic acids is 1. The van der Waals surface area contributed by atoms with Crippen LogP contribution in [-0.2, 0) is 4.79 Å². The molecule has 0 saturated heterocycles. The van der Waals surface area contributed by atoms with Gasteiger partial charge >= 0.3 is 5.97 Å². The van der Waals surface area contributed by atoms with Crippen molar-refractivity contribution >= 4 is 21.9 Å². The first-order valence-corrected chi connectivity index (χ1v) is 5.42. The lowest BCUT2D eigenvalue weighted by molar-refractivity contribution is -0.139. The Bertz CT molecular complexity index is 386. The van der Waals surface area contributed by atoms with Gasteiger partial charge in [-0.15, -0.1) is 0 Å².